The maximum absolute atomic E-state index is 12.7. The minimum absolute atomic E-state index is 0.0141. The summed E-state index contributed by atoms with van der Waals surface area (Å²) < 4.78 is 11.7. The molecule has 0 saturated carbocycles. The number of aliphatic imine (C=N–C) groups is 1. The SMILES string of the molecule is CCOc1cc(/C=C2/C(=N)N3N=C(CC(C)C)SC3=NC2=O)cc(Cl)c1OCc1ccccc1. The fraction of sp³-hybridized carbons (Fsp3) is 0.280. The highest BCUT2D eigenvalue weighted by molar-refractivity contribution is 8.26. The summed E-state index contributed by atoms with van der Waals surface area (Å²) in [6.07, 6.45) is 2.35. The van der Waals surface area contributed by atoms with Gasteiger partial charge in [0.15, 0.2) is 17.3 Å². The lowest BCUT2D eigenvalue weighted by atomic mass is 10.1. The number of halogens is 1. The third-order valence-electron chi connectivity index (χ3n) is 4.95. The molecule has 9 heteroatoms. The van der Waals surface area contributed by atoms with E-state index in [1.54, 1.807) is 18.2 Å². The van der Waals surface area contributed by atoms with Gasteiger partial charge in [-0.15, -0.1) is 0 Å². The van der Waals surface area contributed by atoms with Crippen molar-refractivity contribution >= 4 is 51.4 Å². The summed E-state index contributed by atoms with van der Waals surface area (Å²) in [5.74, 6) is 0.808. The Hall–Kier alpha value is -3.10. The number of amidine groups is 2. The van der Waals surface area contributed by atoms with E-state index in [1.165, 1.54) is 16.8 Å². The number of nitrogens with zero attached hydrogens (tertiary/aromatic N) is 3. The molecule has 176 valence electrons. The van der Waals surface area contributed by atoms with E-state index >= 15 is 0 Å². The van der Waals surface area contributed by atoms with Gasteiger partial charge < -0.3 is 9.47 Å². The third kappa shape index (κ3) is 5.34. The molecular weight excluding hydrogens is 472 g/mol. The number of fused-ring (bicyclic) bond motifs is 1. The van der Waals surface area contributed by atoms with Gasteiger partial charge in [-0.2, -0.15) is 15.1 Å². The van der Waals surface area contributed by atoms with Gasteiger partial charge in [-0.3, -0.25) is 10.2 Å². The molecule has 0 spiro atoms. The molecule has 2 heterocycles. The highest BCUT2D eigenvalue weighted by Crippen LogP contribution is 2.38. The molecule has 0 aromatic heterocycles. The van der Waals surface area contributed by atoms with Crippen LogP contribution in [0.2, 0.25) is 5.02 Å². The van der Waals surface area contributed by atoms with E-state index in [0.29, 0.717) is 46.4 Å². The Bertz CT molecular complexity index is 1210. The number of amides is 1. The second kappa shape index (κ2) is 10.4. The van der Waals surface area contributed by atoms with Gasteiger partial charge in [0, 0.05) is 6.42 Å². The van der Waals surface area contributed by atoms with Gasteiger partial charge in [-0.25, -0.2) is 0 Å². The zero-order valence-corrected chi connectivity index (χ0v) is 20.7. The van der Waals surface area contributed by atoms with Crippen molar-refractivity contribution < 1.29 is 14.3 Å². The summed E-state index contributed by atoms with van der Waals surface area (Å²) in [7, 11) is 0. The smallest absolute Gasteiger partial charge is 0.283 e. The number of carbonyl (C=O) groups is 1. The van der Waals surface area contributed by atoms with Crippen LogP contribution < -0.4 is 9.47 Å². The van der Waals surface area contributed by atoms with E-state index in [1.807, 2.05) is 37.3 Å². The van der Waals surface area contributed by atoms with Crippen molar-refractivity contribution in [2.24, 2.45) is 16.0 Å². The summed E-state index contributed by atoms with van der Waals surface area (Å²) in [6.45, 7) is 6.81. The Morgan fingerprint density at radius 1 is 1.21 bits per heavy atom. The molecule has 2 aromatic rings. The number of nitrogens with one attached hydrogen (secondary N) is 1. The highest BCUT2D eigenvalue weighted by atomic mass is 35.5. The maximum atomic E-state index is 12.7. The van der Waals surface area contributed by atoms with Gasteiger partial charge in [0.1, 0.15) is 11.7 Å². The number of carbonyl (C=O) groups excluding carboxylic acids is 1. The van der Waals surface area contributed by atoms with E-state index in [4.69, 9.17) is 26.5 Å². The van der Waals surface area contributed by atoms with E-state index in [0.717, 1.165) is 17.0 Å². The minimum atomic E-state index is -0.483. The largest absolute Gasteiger partial charge is 0.490 e. The number of benzene rings is 2. The molecule has 0 aliphatic carbocycles. The van der Waals surface area contributed by atoms with Crippen LogP contribution in [0.4, 0.5) is 0 Å². The molecule has 1 N–H and O–H groups in total. The zero-order valence-electron chi connectivity index (χ0n) is 19.2. The van der Waals surface area contributed by atoms with E-state index < -0.39 is 5.91 Å². The van der Waals surface area contributed by atoms with Gasteiger partial charge in [0.2, 0.25) is 5.17 Å². The Balaban J connectivity index is 1.61. The van der Waals surface area contributed by atoms with Gasteiger partial charge in [0.25, 0.3) is 5.91 Å². The van der Waals surface area contributed by atoms with Crippen molar-refractivity contribution in [1.29, 1.82) is 5.41 Å². The molecule has 2 aliphatic rings. The average Bonchev–Trinajstić information content (AvgIpc) is 3.18. The van der Waals surface area contributed by atoms with Crippen molar-refractivity contribution in [2.75, 3.05) is 6.61 Å². The molecule has 34 heavy (non-hydrogen) atoms. The molecule has 7 nitrogen and oxygen atoms in total. The van der Waals surface area contributed by atoms with E-state index in [2.05, 4.69) is 23.9 Å². The number of thioether (sulfide) groups is 1. The van der Waals surface area contributed by atoms with Gasteiger partial charge in [-0.05, 0) is 53.9 Å². The van der Waals surface area contributed by atoms with Crippen molar-refractivity contribution in [2.45, 2.75) is 33.8 Å². The zero-order chi connectivity index (χ0) is 24.2. The van der Waals surface area contributed by atoms with Gasteiger partial charge >= 0.3 is 0 Å². The van der Waals surface area contributed by atoms with Crippen LogP contribution in [0.1, 0.15) is 38.3 Å². The summed E-state index contributed by atoms with van der Waals surface area (Å²) in [5.41, 5.74) is 1.74. The van der Waals surface area contributed by atoms with E-state index in [-0.39, 0.29) is 11.4 Å². The first-order valence-corrected chi connectivity index (χ1v) is 12.2. The van der Waals surface area contributed by atoms with Crippen LogP contribution in [0.5, 0.6) is 11.5 Å². The molecule has 4 rings (SSSR count). The minimum Gasteiger partial charge on any atom is -0.490 e. The van der Waals surface area contributed by atoms with Crippen LogP contribution in [-0.4, -0.2) is 33.6 Å². The lowest BCUT2D eigenvalue weighted by Crippen LogP contribution is -2.35. The molecule has 0 fully saturated rings. The topological polar surface area (TPSA) is 87.3 Å². The van der Waals surface area contributed by atoms with Gasteiger partial charge in [0.05, 0.1) is 17.2 Å². The predicted octanol–water partition coefficient (Wildman–Crippen LogP) is 5.98. The Labute approximate surface area is 208 Å². The fourth-order valence-electron chi connectivity index (χ4n) is 3.43. The fourth-order valence-corrected chi connectivity index (χ4v) is 4.80. The van der Waals surface area contributed by atoms with Crippen molar-refractivity contribution in [1.82, 2.24) is 5.01 Å². The van der Waals surface area contributed by atoms with Crippen molar-refractivity contribution in [3.63, 3.8) is 0 Å². The summed E-state index contributed by atoms with van der Waals surface area (Å²) >= 11 is 7.88. The van der Waals surface area contributed by atoms with Crippen LogP contribution in [0.25, 0.3) is 6.08 Å². The quantitative estimate of drug-likeness (QED) is 0.454. The van der Waals surface area contributed by atoms with Crippen LogP contribution in [0.3, 0.4) is 0 Å². The number of hydrogen-bond acceptors (Lipinski definition) is 6. The molecule has 1 amide bonds. The Morgan fingerprint density at radius 3 is 2.68 bits per heavy atom. The first-order chi connectivity index (χ1) is 16.4. The average molecular weight is 497 g/mol. The monoisotopic (exact) mass is 496 g/mol. The van der Waals surface area contributed by atoms with Crippen LogP contribution in [0, 0.1) is 11.3 Å². The van der Waals surface area contributed by atoms with Crippen LogP contribution >= 0.6 is 23.4 Å². The number of ether oxygens (including phenoxy) is 2. The van der Waals surface area contributed by atoms with Gasteiger partial charge in [-0.1, -0.05) is 55.8 Å². The maximum Gasteiger partial charge on any atom is 0.283 e. The lowest BCUT2D eigenvalue weighted by molar-refractivity contribution is -0.114. The standard InChI is InChI=1S/C25H25ClN4O3S/c1-4-32-20-13-17(12-19(26)22(20)33-14-16-8-6-5-7-9-16)11-18-23(27)30-25(28-24(18)31)34-21(29-30)10-15(2)3/h5-9,11-13,15,27H,4,10,14H2,1-3H3/b18-11-,27-23?. The Kier molecular flexibility index (Phi) is 7.38. The molecule has 0 saturated heterocycles. The second-order valence-corrected chi connectivity index (χ2v) is 9.60. The second-order valence-electron chi connectivity index (χ2n) is 8.15. The molecule has 0 bridgehead atoms. The number of hydrogen-bond donors (Lipinski definition) is 1. The summed E-state index contributed by atoms with van der Waals surface area (Å²) in [4.78, 5) is 16.9. The molecular formula is C25H25ClN4O3S. The number of rotatable bonds is 8. The Morgan fingerprint density at radius 2 is 1.97 bits per heavy atom. The first-order valence-electron chi connectivity index (χ1n) is 11.0. The molecule has 0 atom stereocenters. The normalized spacial score (nSPS) is 16.6. The van der Waals surface area contributed by atoms with Crippen molar-refractivity contribution in [3.8, 4) is 11.5 Å². The molecule has 0 radical (unpaired) electrons. The van der Waals surface area contributed by atoms with Crippen molar-refractivity contribution in [3.05, 3.63) is 64.2 Å². The number of hydrazone groups is 1. The molecule has 0 unspecified atom stereocenters. The van der Waals surface area contributed by atoms with Crippen LogP contribution in [0.15, 0.2) is 58.1 Å². The first kappa shape index (κ1) is 24.0. The highest BCUT2D eigenvalue weighted by Gasteiger charge is 2.35. The lowest BCUT2D eigenvalue weighted by Gasteiger charge is -2.20. The molecule has 2 aromatic carbocycles. The van der Waals surface area contributed by atoms with E-state index in [9.17, 15) is 4.79 Å². The summed E-state index contributed by atoms with van der Waals surface area (Å²) in [6, 6.07) is 13.2. The van der Waals surface area contributed by atoms with Crippen LogP contribution in [-0.2, 0) is 11.4 Å². The predicted molar refractivity (Wildman–Crippen MR) is 138 cm³/mol. The molecule has 2 aliphatic heterocycles. The third-order valence-corrected chi connectivity index (χ3v) is 6.16. The summed E-state index contributed by atoms with van der Waals surface area (Å²) in [5, 5.41) is 16.1.